The second-order valence-electron chi connectivity index (χ2n) is 6.59. The molecule has 0 atom stereocenters. The zero-order valence-corrected chi connectivity index (χ0v) is 15.8. The average Bonchev–Trinajstić information content (AvgIpc) is 3.38. The lowest BCUT2D eigenvalue weighted by molar-refractivity contribution is 0.162. The number of ether oxygens (including phenoxy) is 1. The van der Waals surface area contributed by atoms with Crippen LogP contribution in [0.2, 0.25) is 0 Å². The molecule has 0 radical (unpaired) electrons. The van der Waals surface area contributed by atoms with Crippen LogP contribution < -0.4 is 10.1 Å². The van der Waals surface area contributed by atoms with Crippen molar-refractivity contribution in [1.82, 2.24) is 31.1 Å². The van der Waals surface area contributed by atoms with E-state index in [1.54, 1.807) is 0 Å². The molecule has 0 amide bonds. The minimum absolute atomic E-state index is 0. The molecule has 2 aromatic heterocycles. The second kappa shape index (κ2) is 7.95. The minimum atomic E-state index is 0. The normalized spacial score (nSPS) is 14.7. The van der Waals surface area contributed by atoms with Gasteiger partial charge in [0.1, 0.15) is 17.4 Å². The molecule has 28 heavy (non-hydrogen) atoms. The predicted octanol–water partition coefficient (Wildman–Crippen LogP) is 3.23. The van der Waals surface area contributed by atoms with Gasteiger partial charge in [-0.15, -0.1) is 17.5 Å². The van der Waals surface area contributed by atoms with Gasteiger partial charge in [0.05, 0.1) is 5.39 Å². The van der Waals surface area contributed by atoms with E-state index in [0.29, 0.717) is 11.6 Å². The highest BCUT2D eigenvalue weighted by molar-refractivity contribution is 5.94. The third-order valence-corrected chi connectivity index (χ3v) is 4.78. The minimum Gasteiger partial charge on any atom is -0.490 e. The Morgan fingerprint density at radius 1 is 1.04 bits per heavy atom. The van der Waals surface area contributed by atoms with Gasteiger partial charge in [0, 0.05) is 11.1 Å². The number of hydrogen-bond acceptors (Lipinski definition) is 7. The van der Waals surface area contributed by atoms with Gasteiger partial charge in [-0.2, -0.15) is 0 Å². The Bertz CT molecular complexity index is 1060. The van der Waals surface area contributed by atoms with E-state index in [4.69, 9.17) is 9.26 Å². The van der Waals surface area contributed by atoms with Crippen molar-refractivity contribution in [2.75, 3.05) is 13.1 Å². The molecule has 5 rings (SSSR count). The number of rotatable bonds is 4. The second-order valence-corrected chi connectivity index (χ2v) is 6.59. The molecule has 144 valence electrons. The highest BCUT2D eigenvalue weighted by Crippen LogP contribution is 2.33. The fourth-order valence-corrected chi connectivity index (χ4v) is 3.39. The Morgan fingerprint density at radius 3 is 2.75 bits per heavy atom. The Kier molecular flexibility index (Phi) is 5.23. The maximum Gasteiger partial charge on any atom is 0.179 e. The zero-order valence-electron chi connectivity index (χ0n) is 15.0. The molecule has 0 unspecified atom stereocenters. The number of aromatic nitrogens is 5. The molecule has 8 nitrogen and oxygen atoms in total. The zero-order chi connectivity index (χ0) is 18.1. The van der Waals surface area contributed by atoms with Crippen LogP contribution >= 0.6 is 12.4 Å². The van der Waals surface area contributed by atoms with Gasteiger partial charge in [-0.3, -0.25) is 0 Å². The maximum absolute atomic E-state index is 6.16. The van der Waals surface area contributed by atoms with E-state index in [2.05, 4.69) is 31.1 Å². The quantitative estimate of drug-likeness (QED) is 0.544. The number of tetrazole rings is 1. The van der Waals surface area contributed by atoms with E-state index in [1.807, 2.05) is 42.5 Å². The summed E-state index contributed by atoms with van der Waals surface area (Å²) in [5.41, 5.74) is 2.58. The number of nitrogens with zero attached hydrogens (tertiary/aromatic N) is 4. The van der Waals surface area contributed by atoms with E-state index in [1.165, 1.54) is 0 Å². The van der Waals surface area contributed by atoms with Gasteiger partial charge in [-0.25, -0.2) is 5.10 Å². The van der Waals surface area contributed by atoms with Crippen LogP contribution in [0.3, 0.4) is 0 Å². The summed E-state index contributed by atoms with van der Waals surface area (Å²) in [5, 5.41) is 22.4. The maximum atomic E-state index is 6.16. The summed E-state index contributed by atoms with van der Waals surface area (Å²) in [6.45, 7) is 1.99. The number of hydrogen-bond donors (Lipinski definition) is 2. The molecule has 1 aliphatic rings. The topological polar surface area (TPSA) is 102 Å². The van der Waals surface area contributed by atoms with Gasteiger partial charge in [-0.1, -0.05) is 17.3 Å². The summed E-state index contributed by atoms with van der Waals surface area (Å²) in [5.74, 6) is 2.15. The average molecular weight is 399 g/mol. The molecular weight excluding hydrogens is 380 g/mol. The number of fused-ring (bicyclic) bond motifs is 1. The lowest BCUT2D eigenvalue weighted by Crippen LogP contribution is -2.34. The number of piperidine rings is 1. The fourth-order valence-electron chi connectivity index (χ4n) is 3.39. The summed E-state index contributed by atoms with van der Waals surface area (Å²) < 4.78 is 11.8. The molecule has 2 N–H and O–H groups in total. The summed E-state index contributed by atoms with van der Waals surface area (Å²) in [7, 11) is 0. The Labute approximate surface area is 167 Å². The van der Waals surface area contributed by atoms with Crippen molar-refractivity contribution in [3.05, 3.63) is 42.5 Å². The number of H-pyrrole nitrogens is 1. The summed E-state index contributed by atoms with van der Waals surface area (Å²) >= 11 is 0. The van der Waals surface area contributed by atoms with Crippen molar-refractivity contribution >= 4 is 23.3 Å². The fraction of sp³-hybridized carbons (Fsp3) is 0.263. The Morgan fingerprint density at radius 2 is 1.93 bits per heavy atom. The largest absolute Gasteiger partial charge is 0.490 e. The highest BCUT2D eigenvalue weighted by atomic mass is 35.5. The lowest BCUT2D eigenvalue weighted by atomic mass is 10.1. The van der Waals surface area contributed by atoms with Gasteiger partial charge in [0.2, 0.25) is 0 Å². The van der Waals surface area contributed by atoms with Crippen LogP contribution in [-0.2, 0) is 0 Å². The van der Waals surface area contributed by atoms with Crippen LogP contribution in [0.5, 0.6) is 5.75 Å². The van der Waals surface area contributed by atoms with Crippen LogP contribution in [0.1, 0.15) is 12.8 Å². The first-order valence-corrected chi connectivity index (χ1v) is 8.98. The molecule has 1 aliphatic heterocycles. The first kappa shape index (κ1) is 18.4. The number of benzene rings is 2. The van der Waals surface area contributed by atoms with Crippen LogP contribution in [-0.4, -0.2) is 45.0 Å². The summed E-state index contributed by atoms with van der Waals surface area (Å²) in [6, 6.07) is 13.7. The highest BCUT2D eigenvalue weighted by Gasteiger charge is 2.17. The van der Waals surface area contributed by atoms with Crippen LogP contribution in [0.4, 0.5) is 0 Å². The third-order valence-electron chi connectivity index (χ3n) is 4.78. The standard InChI is InChI=1S/C19H18N6O2.ClH/c1-2-12(10-15(3-1)26-14-6-8-20-9-7-14)18-16-11-13(19-21-24-25-22-19)4-5-17(16)23-27-18;/h1-5,10-11,14,20H,6-9H2,(H,21,22,24,25);1H. The van der Waals surface area contributed by atoms with E-state index >= 15 is 0 Å². The molecule has 2 aromatic carbocycles. The van der Waals surface area contributed by atoms with Crippen molar-refractivity contribution < 1.29 is 9.26 Å². The Balaban J connectivity index is 0.00000192. The lowest BCUT2D eigenvalue weighted by Gasteiger charge is -2.23. The van der Waals surface area contributed by atoms with Crippen LogP contribution in [0, 0.1) is 0 Å². The molecule has 1 saturated heterocycles. The molecule has 0 bridgehead atoms. The Hall–Kier alpha value is -2.97. The van der Waals surface area contributed by atoms with Crippen molar-refractivity contribution in [3.63, 3.8) is 0 Å². The SMILES string of the molecule is Cl.c1cc(OC2CCNCC2)cc(-c2onc3ccc(-c4nnn[nH]4)cc23)c1. The predicted molar refractivity (Wildman–Crippen MR) is 106 cm³/mol. The van der Waals surface area contributed by atoms with Gasteiger partial charge in [0.25, 0.3) is 0 Å². The van der Waals surface area contributed by atoms with Gasteiger partial charge >= 0.3 is 0 Å². The monoisotopic (exact) mass is 398 g/mol. The molecule has 0 spiro atoms. The van der Waals surface area contributed by atoms with Gasteiger partial charge in [0.15, 0.2) is 11.6 Å². The van der Waals surface area contributed by atoms with Crippen molar-refractivity contribution in [2.45, 2.75) is 18.9 Å². The number of halogens is 1. The smallest absolute Gasteiger partial charge is 0.179 e. The molecule has 3 heterocycles. The van der Waals surface area contributed by atoms with E-state index in [9.17, 15) is 0 Å². The van der Waals surface area contributed by atoms with Gasteiger partial charge < -0.3 is 14.6 Å². The number of nitrogens with one attached hydrogen (secondary N) is 2. The van der Waals surface area contributed by atoms with Crippen LogP contribution in [0.15, 0.2) is 47.0 Å². The van der Waals surface area contributed by atoms with E-state index in [-0.39, 0.29) is 18.5 Å². The summed E-state index contributed by atoms with van der Waals surface area (Å²) in [6.07, 6.45) is 2.28. The first-order chi connectivity index (χ1) is 13.4. The molecule has 0 aliphatic carbocycles. The summed E-state index contributed by atoms with van der Waals surface area (Å²) in [4.78, 5) is 0. The van der Waals surface area contributed by atoms with Crippen molar-refractivity contribution in [3.8, 4) is 28.5 Å². The molecule has 4 aromatic rings. The third kappa shape index (κ3) is 3.56. The molecule has 0 saturated carbocycles. The molecular formula is C19H19ClN6O2. The van der Waals surface area contributed by atoms with E-state index < -0.39 is 0 Å². The van der Waals surface area contributed by atoms with Crippen molar-refractivity contribution in [1.29, 1.82) is 0 Å². The van der Waals surface area contributed by atoms with Crippen molar-refractivity contribution in [2.24, 2.45) is 0 Å². The molecule has 9 heteroatoms. The van der Waals surface area contributed by atoms with E-state index in [0.717, 1.165) is 53.7 Å². The first-order valence-electron chi connectivity index (χ1n) is 8.98. The number of aromatic amines is 1. The molecule has 1 fully saturated rings. The van der Waals surface area contributed by atoms with Gasteiger partial charge in [-0.05, 0) is 66.7 Å². The van der Waals surface area contributed by atoms with Crippen LogP contribution in [0.25, 0.3) is 33.6 Å².